The standard InChI is InChI=1S/C15H28N2O2/c18-15-5-9-19-12-13(15)10-16-8-4-14(11-16)17-6-2-1-3-7-17/h13-15,18H,1-12H2. The van der Waals surface area contributed by atoms with Gasteiger partial charge in [0.25, 0.3) is 0 Å². The molecule has 0 saturated carbocycles. The number of piperidine rings is 1. The van der Waals surface area contributed by atoms with Gasteiger partial charge in [-0.3, -0.25) is 4.90 Å². The fourth-order valence-electron chi connectivity index (χ4n) is 3.85. The highest BCUT2D eigenvalue weighted by Gasteiger charge is 2.32. The van der Waals surface area contributed by atoms with E-state index in [1.165, 1.54) is 51.9 Å². The van der Waals surface area contributed by atoms with Crippen molar-refractivity contribution in [3.8, 4) is 0 Å². The summed E-state index contributed by atoms with van der Waals surface area (Å²) in [6.07, 6.45) is 6.15. The number of ether oxygens (including phenoxy) is 1. The maximum Gasteiger partial charge on any atom is 0.0624 e. The van der Waals surface area contributed by atoms with Gasteiger partial charge >= 0.3 is 0 Å². The average Bonchev–Trinajstić information content (AvgIpc) is 2.91. The van der Waals surface area contributed by atoms with E-state index in [2.05, 4.69) is 9.80 Å². The van der Waals surface area contributed by atoms with Crippen LogP contribution in [0, 0.1) is 5.92 Å². The molecule has 0 amide bonds. The van der Waals surface area contributed by atoms with Gasteiger partial charge in [0.15, 0.2) is 0 Å². The minimum atomic E-state index is -0.150. The van der Waals surface area contributed by atoms with E-state index < -0.39 is 0 Å². The summed E-state index contributed by atoms with van der Waals surface area (Å²) in [5.74, 6) is 0.328. The minimum Gasteiger partial charge on any atom is -0.393 e. The molecule has 3 atom stereocenters. The zero-order valence-corrected chi connectivity index (χ0v) is 12.0. The van der Waals surface area contributed by atoms with E-state index in [-0.39, 0.29) is 6.10 Å². The summed E-state index contributed by atoms with van der Waals surface area (Å²) in [5.41, 5.74) is 0. The molecular formula is C15H28N2O2. The molecule has 0 bridgehead atoms. The van der Waals surface area contributed by atoms with Crippen molar-refractivity contribution in [2.24, 2.45) is 5.92 Å². The predicted octanol–water partition coefficient (Wildman–Crippen LogP) is 0.944. The number of likely N-dealkylation sites (tertiary alicyclic amines) is 2. The summed E-state index contributed by atoms with van der Waals surface area (Å²) in [6.45, 7) is 7.49. The Labute approximate surface area is 116 Å². The summed E-state index contributed by atoms with van der Waals surface area (Å²) in [7, 11) is 0. The van der Waals surface area contributed by atoms with E-state index in [0.29, 0.717) is 5.92 Å². The molecule has 0 radical (unpaired) electrons. The molecule has 0 aromatic rings. The quantitative estimate of drug-likeness (QED) is 0.826. The van der Waals surface area contributed by atoms with Gasteiger partial charge in [0.2, 0.25) is 0 Å². The Kier molecular flexibility index (Phi) is 4.74. The van der Waals surface area contributed by atoms with E-state index in [1.807, 2.05) is 0 Å². The number of nitrogens with zero attached hydrogens (tertiary/aromatic N) is 2. The van der Waals surface area contributed by atoms with Crippen LogP contribution in [0.15, 0.2) is 0 Å². The lowest BCUT2D eigenvalue weighted by atomic mass is 9.98. The summed E-state index contributed by atoms with van der Waals surface area (Å²) in [4.78, 5) is 5.24. The van der Waals surface area contributed by atoms with Crippen molar-refractivity contribution in [2.45, 2.75) is 44.2 Å². The Morgan fingerprint density at radius 3 is 2.68 bits per heavy atom. The number of aliphatic hydroxyl groups excluding tert-OH is 1. The third kappa shape index (κ3) is 3.48. The molecule has 3 fully saturated rings. The Bertz CT molecular complexity index is 281. The van der Waals surface area contributed by atoms with E-state index in [0.717, 1.165) is 32.2 Å². The van der Waals surface area contributed by atoms with Gasteiger partial charge in [0.05, 0.1) is 12.7 Å². The van der Waals surface area contributed by atoms with Crippen molar-refractivity contribution < 1.29 is 9.84 Å². The van der Waals surface area contributed by atoms with Crippen LogP contribution in [-0.4, -0.2) is 73.0 Å². The monoisotopic (exact) mass is 268 g/mol. The van der Waals surface area contributed by atoms with Crippen molar-refractivity contribution in [1.82, 2.24) is 9.80 Å². The second-order valence-corrected chi connectivity index (χ2v) is 6.49. The summed E-state index contributed by atoms with van der Waals surface area (Å²) in [6, 6.07) is 0.766. The largest absolute Gasteiger partial charge is 0.393 e. The first kappa shape index (κ1) is 13.8. The van der Waals surface area contributed by atoms with Crippen molar-refractivity contribution >= 4 is 0 Å². The highest BCUT2D eigenvalue weighted by Crippen LogP contribution is 2.23. The molecule has 3 aliphatic heterocycles. The number of rotatable bonds is 3. The molecule has 3 rings (SSSR count). The molecule has 3 heterocycles. The van der Waals surface area contributed by atoms with E-state index in [4.69, 9.17) is 4.74 Å². The smallest absolute Gasteiger partial charge is 0.0624 e. The SMILES string of the molecule is OC1CCOCC1CN1CCC(N2CCCCC2)C1. The third-order valence-electron chi connectivity index (χ3n) is 5.08. The lowest BCUT2D eigenvalue weighted by Crippen LogP contribution is -2.43. The van der Waals surface area contributed by atoms with Gasteiger partial charge in [0, 0.05) is 31.7 Å². The van der Waals surface area contributed by atoms with E-state index >= 15 is 0 Å². The van der Waals surface area contributed by atoms with Crippen molar-refractivity contribution in [1.29, 1.82) is 0 Å². The average molecular weight is 268 g/mol. The lowest BCUT2D eigenvalue weighted by molar-refractivity contribution is -0.0452. The van der Waals surface area contributed by atoms with Gasteiger partial charge in [-0.1, -0.05) is 6.42 Å². The van der Waals surface area contributed by atoms with Crippen LogP contribution in [0.1, 0.15) is 32.1 Å². The van der Waals surface area contributed by atoms with Crippen LogP contribution in [0.5, 0.6) is 0 Å². The lowest BCUT2D eigenvalue weighted by Gasteiger charge is -2.33. The van der Waals surface area contributed by atoms with Gasteiger partial charge in [-0.2, -0.15) is 0 Å². The first-order chi connectivity index (χ1) is 9.33. The molecule has 3 unspecified atom stereocenters. The van der Waals surface area contributed by atoms with Crippen LogP contribution in [0.25, 0.3) is 0 Å². The molecule has 0 aromatic carbocycles. The van der Waals surface area contributed by atoms with Crippen molar-refractivity contribution in [3.63, 3.8) is 0 Å². The van der Waals surface area contributed by atoms with Crippen LogP contribution < -0.4 is 0 Å². The maximum absolute atomic E-state index is 10.0. The second kappa shape index (κ2) is 6.53. The van der Waals surface area contributed by atoms with Gasteiger partial charge in [-0.25, -0.2) is 0 Å². The maximum atomic E-state index is 10.0. The zero-order chi connectivity index (χ0) is 13.1. The number of aliphatic hydroxyl groups is 1. The molecular weight excluding hydrogens is 240 g/mol. The van der Waals surface area contributed by atoms with Crippen LogP contribution in [0.3, 0.4) is 0 Å². The number of hydrogen-bond donors (Lipinski definition) is 1. The molecule has 0 spiro atoms. The summed E-state index contributed by atoms with van der Waals surface area (Å²) in [5, 5.41) is 10.0. The first-order valence-electron chi connectivity index (χ1n) is 8.05. The first-order valence-corrected chi connectivity index (χ1v) is 8.05. The Hall–Kier alpha value is -0.160. The second-order valence-electron chi connectivity index (χ2n) is 6.49. The van der Waals surface area contributed by atoms with E-state index in [9.17, 15) is 5.11 Å². The Balaban J connectivity index is 1.45. The fraction of sp³-hybridized carbons (Fsp3) is 1.00. The zero-order valence-electron chi connectivity index (χ0n) is 12.0. The normalized spacial score (nSPS) is 38.7. The Morgan fingerprint density at radius 2 is 1.89 bits per heavy atom. The van der Waals surface area contributed by atoms with Crippen LogP contribution in [0.4, 0.5) is 0 Å². The highest BCUT2D eigenvalue weighted by molar-refractivity contribution is 4.87. The van der Waals surface area contributed by atoms with Gasteiger partial charge < -0.3 is 14.7 Å². The molecule has 1 N–H and O–H groups in total. The van der Waals surface area contributed by atoms with Crippen molar-refractivity contribution in [2.75, 3.05) is 45.9 Å². The molecule has 4 nitrogen and oxygen atoms in total. The fourth-order valence-corrected chi connectivity index (χ4v) is 3.85. The van der Waals surface area contributed by atoms with Gasteiger partial charge in [-0.15, -0.1) is 0 Å². The highest BCUT2D eigenvalue weighted by atomic mass is 16.5. The molecule has 3 aliphatic rings. The topological polar surface area (TPSA) is 35.9 Å². The Morgan fingerprint density at radius 1 is 1.05 bits per heavy atom. The summed E-state index contributed by atoms with van der Waals surface area (Å²) >= 11 is 0. The molecule has 110 valence electrons. The predicted molar refractivity (Wildman–Crippen MR) is 75.2 cm³/mol. The van der Waals surface area contributed by atoms with Crippen LogP contribution in [0.2, 0.25) is 0 Å². The van der Waals surface area contributed by atoms with Gasteiger partial charge in [-0.05, 0) is 45.3 Å². The number of hydrogen-bond acceptors (Lipinski definition) is 4. The minimum absolute atomic E-state index is 0.150. The van der Waals surface area contributed by atoms with Crippen LogP contribution in [-0.2, 0) is 4.74 Å². The summed E-state index contributed by atoms with van der Waals surface area (Å²) < 4.78 is 5.51. The molecule has 0 aliphatic carbocycles. The molecule has 19 heavy (non-hydrogen) atoms. The van der Waals surface area contributed by atoms with Gasteiger partial charge in [0.1, 0.15) is 0 Å². The van der Waals surface area contributed by atoms with E-state index in [1.54, 1.807) is 0 Å². The third-order valence-corrected chi connectivity index (χ3v) is 5.08. The van der Waals surface area contributed by atoms with Crippen LogP contribution >= 0.6 is 0 Å². The molecule has 0 aromatic heterocycles. The van der Waals surface area contributed by atoms with Crippen molar-refractivity contribution in [3.05, 3.63) is 0 Å². The molecule has 4 heteroatoms. The molecule has 3 saturated heterocycles.